The van der Waals surface area contributed by atoms with Crippen LogP contribution in [-0.2, 0) is 37.5 Å². The van der Waals surface area contributed by atoms with Gasteiger partial charge in [-0.1, -0.05) is 197 Å². The molecular weight excluding hydrogens is 806 g/mol. The number of phosphoric acid groups is 1. The van der Waals surface area contributed by atoms with Gasteiger partial charge in [0.15, 0.2) is 6.10 Å². The van der Waals surface area contributed by atoms with Crippen LogP contribution in [0.15, 0.2) is 48.6 Å². The molecule has 0 rings (SSSR count). The highest BCUT2D eigenvalue weighted by molar-refractivity contribution is 7.47. The third kappa shape index (κ3) is 44.1. The Balaban J connectivity index is 4.33. The van der Waals surface area contributed by atoms with Crippen molar-refractivity contribution in [3.05, 3.63) is 48.6 Å². The third-order valence-corrected chi connectivity index (χ3v) is 11.5. The number of carbonyl (C=O) groups is 3. The largest absolute Gasteiger partial charge is 0.480 e. The molecule has 0 radical (unpaired) electrons. The Bertz CT molecular complexity index is 1240. The first-order chi connectivity index (χ1) is 30.1. The van der Waals surface area contributed by atoms with E-state index in [2.05, 4.69) is 67.0 Å². The summed E-state index contributed by atoms with van der Waals surface area (Å²) < 4.78 is 32.8. The normalized spacial score (nSPS) is 14.0. The van der Waals surface area contributed by atoms with Crippen molar-refractivity contribution in [3.8, 4) is 0 Å². The number of carbonyl (C=O) groups excluding carboxylic acids is 2. The molecule has 11 nitrogen and oxygen atoms in total. The Hall–Kier alpha value is -2.56. The van der Waals surface area contributed by atoms with Gasteiger partial charge in [0.25, 0.3) is 0 Å². The zero-order chi connectivity index (χ0) is 45.6. The lowest BCUT2D eigenvalue weighted by molar-refractivity contribution is -0.161. The average Bonchev–Trinajstić information content (AvgIpc) is 3.25. The molecular formula is C50H90NO10P. The van der Waals surface area contributed by atoms with E-state index in [1.165, 1.54) is 122 Å². The molecule has 360 valence electrons. The van der Waals surface area contributed by atoms with Crippen LogP contribution in [0.3, 0.4) is 0 Å². The Morgan fingerprint density at radius 3 is 1.31 bits per heavy atom. The van der Waals surface area contributed by atoms with Gasteiger partial charge in [-0.25, -0.2) is 4.57 Å². The Kier molecular flexibility index (Phi) is 43.2. The van der Waals surface area contributed by atoms with Gasteiger partial charge in [-0.05, 0) is 57.8 Å². The highest BCUT2D eigenvalue weighted by Gasteiger charge is 2.28. The minimum absolute atomic E-state index is 0.156. The Morgan fingerprint density at radius 1 is 0.500 bits per heavy atom. The quantitative estimate of drug-likeness (QED) is 0.0230. The van der Waals surface area contributed by atoms with E-state index >= 15 is 0 Å². The molecule has 0 spiro atoms. The van der Waals surface area contributed by atoms with Gasteiger partial charge in [0.1, 0.15) is 12.6 Å². The molecule has 0 fully saturated rings. The van der Waals surface area contributed by atoms with Crippen LogP contribution in [-0.4, -0.2) is 59.9 Å². The second kappa shape index (κ2) is 45.0. The van der Waals surface area contributed by atoms with Crippen LogP contribution in [0.5, 0.6) is 0 Å². The van der Waals surface area contributed by atoms with Gasteiger partial charge in [-0.3, -0.25) is 23.4 Å². The first kappa shape index (κ1) is 59.4. The summed E-state index contributed by atoms with van der Waals surface area (Å²) in [5, 5.41) is 8.91. The summed E-state index contributed by atoms with van der Waals surface area (Å²) in [5.74, 6) is -2.41. The molecule has 1 unspecified atom stereocenters. The van der Waals surface area contributed by atoms with Gasteiger partial charge in [-0.15, -0.1) is 0 Å². The number of aliphatic carboxylic acids is 1. The second-order valence-electron chi connectivity index (χ2n) is 16.6. The van der Waals surface area contributed by atoms with Crippen LogP contribution in [0.25, 0.3) is 0 Å². The first-order valence-corrected chi connectivity index (χ1v) is 26.2. The third-order valence-electron chi connectivity index (χ3n) is 10.6. The summed E-state index contributed by atoms with van der Waals surface area (Å²) in [7, 11) is -4.73. The zero-order valence-corrected chi connectivity index (χ0v) is 40.1. The fourth-order valence-corrected chi connectivity index (χ4v) is 7.47. The maximum Gasteiger partial charge on any atom is 0.472 e. The molecule has 0 saturated carbocycles. The molecule has 0 aromatic rings. The molecule has 62 heavy (non-hydrogen) atoms. The molecule has 0 bridgehead atoms. The molecule has 0 heterocycles. The number of esters is 2. The van der Waals surface area contributed by atoms with Gasteiger partial charge in [0.2, 0.25) is 0 Å². The van der Waals surface area contributed by atoms with Crippen LogP contribution in [0.1, 0.15) is 219 Å². The number of ether oxygens (including phenoxy) is 2. The lowest BCUT2D eigenvalue weighted by atomic mass is 10.0. The van der Waals surface area contributed by atoms with E-state index in [0.717, 1.165) is 57.8 Å². The smallest absolute Gasteiger partial charge is 0.472 e. The molecule has 0 aromatic heterocycles. The van der Waals surface area contributed by atoms with Crippen molar-refractivity contribution in [1.82, 2.24) is 0 Å². The first-order valence-electron chi connectivity index (χ1n) is 24.7. The standard InChI is InChI=1S/C50H90NO10P/c1-3-5-7-9-11-13-15-17-19-21-23-25-27-29-31-33-35-37-39-41-48(52)58-43-46(44-59-62(56,57)60-45-47(51)50(54)55)61-49(53)42-40-38-36-34-32-30-28-26-24-22-20-18-16-14-12-10-8-6-4-2/h11,13,17,19,23,25,29,31,46-47H,3-10,12,14-16,18,20-22,24,26-28,30,32-45,51H2,1-2H3,(H,54,55)(H,56,57)/b13-11+,19-17+,25-23+,31-29+/t46-,47+/m1/s1. The highest BCUT2D eigenvalue weighted by atomic mass is 31.2. The molecule has 0 saturated heterocycles. The summed E-state index contributed by atoms with van der Waals surface area (Å²) in [4.78, 5) is 46.1. The topological polar surface area (TPSA) is 172 Å². The molecule has 0 aliphatic rings. The molecule has 4 N–H and O–H groups in total. The van der Waals surface area contributed by atoms with Gasteiger partial charge in [0.05, 0.1) is 13.2 Å². The summed E-state index contributed by atoms with van der Waals surface area (Å²) >= 11 is 0. The maximum atomic E-state index is 12.7. The molecule has 0 aliphatic carbocycles. The number of phosphoric ester groups is 1. The number of allylic oxidation sites excluding steroid dienone is 8. The van der Waals surface area contributed by atoms with Crippen LogP contribution in [0.4, 0.5) is 0 Å². The Labute approximate surface area is 377 Å². The minimum Gasteiger partial charge on any atom is -0.480 e. The maximum absolute atomic E-state index is 12.7. The monoisotopic (exact) mass is 896 g/mol. The van der Waals surface area contributed by atoms with Crippen LogP contribution in [0, 0.1) is 0 Å². The molecule has 3 atom stereocenters. The number of rotatable bonds is 46. The summed E-state index contributed by atoms with van der Waals surface area (Å²) in [6, 6.07) is -1.53. The number of unbranched alkanes of at least 4 members (excludes halogenated alkanes) is 24. The van der Waals surface area contributed by atoms with Crippen molar-refractivity contribution in [2.45, 2.75) is 231 Å². The van der Waals surface area contributed by atoms with E-state index in [4.69, 9.17) is 24.8 Å². The van der Waals surface area contributed by atoms with Crippen LogP contribution >= 0.6 is 7.82 Å². The predicted octanol–water partition coefficient (Wildman–Crippen LogP) is 13.7. The second-order valence-corrected chi connectivity index (χ2v) is 18.1. The van der Waals surface area contributed by atoms with Crippen molar-refractivity contribution >= 4 is 25.7 Å². The van der Waals surface area contributed by atoms with Crippen LogP contribution < -0.4 is 5.73 Å². The number of nitrogens with two attached hydrogens (primary N) is 1. The highest BCUT2D eigenvalue weighted by Crippen LogP contribution is 2.43. The van der Waals surface area contributed by atoms with Crippen molar-refractivity contribution in [2.24, 2.45) is 5.73 Å². The minimum atomic E-state index is -4.73. The number of hydrogen-bond acceptors (Lipinski definition) is 9. The molecule has 12 heteroatoms. The summed E-state index contributed by atoms with van der Waals surface area (Å²) in [6.07, 6.45) is 51.7. The Morgan fingerprint density at radius 2 is 0.855 bits per heavy atom. The van der Waals surface area contributed by atoms with Gasteiger partial charge in [0, 0.05) is 12.8 Å². The van der Waals surface area contributed by atoms with E-state index in [0.29, 0.717) is 12.8 Å². The van der Waals surface area contributed by atoms with Crippen molar-refractivity contribution < 1.29 is 47.5 Å². The fourth-order valence-electron chi connectivity index (χ4n) is 6.70. The molecule has 0 aliphatic heterocycles. The van der Waals surface area contributed by atoms with E-state index in [1.54, 1.807) is 0 Å². The predicted molar refractivity (Wildman–Crippen MR) is 254 cm³/mol. The van der Waals surface area contributed by atoms with Crippen LogP contribution in [0.2, 0.25) is 0 Å². The summed E-state index contributed by atoms with van der Waals surface area (Å²) in [5.41, 5.74) is 5.35. The van der Waals surface area contributed by atoms with E-state index < -0.39 is 51.1 Å². The lowest BCUT2D eigenvalue weighted by Crippen LogP contribution is -2.34. The fraction of sp³-hybridized carbons (Fsp3) is 0.780. The van der Waals surface area contributed by atoms with Gasteiger partial charge in [-0.2, -0.15) is 0 Å². The average molecular weight is 896 g/mol. The van der Waals surface area contributed by atoms with Crippen molar-refractivity contribution in [1.29, 1.82) is 0 Å². The van der Waals surface area contributed by atoms with E-state index in [-0.39, 0.29) is 19.4 Å². The van der Waals surface area contributed by atoms with Crippen molar-refractivity contribution in [2.75, 3.05) is 19.8 Å². The molecule has 0 aromatic carbocycles. The SMILES string of the molecule is CCCCC/C=C/C/C=C/C/C=C/C/C=C/CCCCCC(=O)OC[C@H](COP(=O)(O)OC[C@H](N)C(=O)O)OC(=O)CCCCCCCCCCCCCCCCCCCCC. The number of carboxylic acids is 1. The number of hydrogen-bond donors (Lipinski definition) is 3. The lowest BCUT2D eigenvalue weighted by Gasteiger charge is -2.20. The summed E-state index contributed by atoms with van der Waals surface area (Å²) in [6.45, 7) is 2.77. The molecule has 0 amide bonds. The van der Waals surface area contributed by atoms with Gasteiger partial charge >= 0.3 is 25.7 Å². The van der Waals surface area contributed by atoms with Crippen molar-refractivity contribution in [3.63, 3.8) is 0 Å². The zero-order valence-electron chi connectivity index (χ0n) is 39.2. The van der Waals surface area contributed by atoms with E-state index in [1.807, 2.05) is 0 Å². The van der Waals surface area contributed by atoms with E-state index in [9.17, 15) is 23.8 Å². The number of carboxylic acid groups (broad SMARTS) is 1. The van der Waals surface area contributed by atoms with Gasteiger partial charge < -0.3 is 25.2 Å².